The van der Waals surface area contributed by atoms with E-state index in [0.717, 1.165) is 105 Å². The molecule has 5 aromatic heterocycles. The normalized spacial score (nSPS) is 13.0. The lowest BCUT2D eigenvalue weighted by atomic mass is 9.88. The average Bonchev–Trinajstić information content (AvgIpc) is 1.65. The van der Waals surface area contributed by atoms with Crippen LogP contribution in [0.3, 0.4) is 0 Å². The molecule has 11 heteroatoms. The molecule has 0 unspecified atom stereocenters. The third-order valence-corrected chi connectivity index (χ3v) is 16.3. The topological polar surface area (TPSA) is 115 Å². The van der Waals surface area contributed by atoms with Crippen LogP contribution >= 0.6 is 0 Å². The molecule has 0 amide bonds. The highest BCUT2D eigenvalue weighted by atomic mass is 16.3. The Kier molecular flexibility index (Phi) is 10.6. The smallest absolute Gasteiger partial charge is 0.236 e. The first kappa shape index (κ1) is 47.3. The van der Waals surface area contributed by atoms with Crippen LogP contribution in [0.4, 0.5) is 23.3 Å². The standard InChI is InChI=1S/C73H45N9O2/c1-6-24-46(25-7-1)67-74-69(56-39-22-37-54-52-35-17-20-42-63(52)83-65(54)56)78-71(76-67)81-61-44-58-51-34-16-19-41-59(51)80(50-32-14-5-15-33-50)60(58)45-62(61)82(73(81,48-28-10-3-11-29-48)49-30-12-4-13-31-49)72-77-68(47-26-8-2-9-27-47)75-70(79-72)57-40-23-38-55-53-36-18-21-43-64(53)84-66(55)57/h1-45H. The summed E-state index contributed by atoms with van der Waals surface area (Å²) < 4.78 is 15.9. The van der Waals surface area contributed by atoms with Gasteiger partial charge in [0, 0.05) is 60.3 Å². The second kappa shape index (κ2) is 18.8. The monoisotopic (exact) mass is 1080 g/mol. The highest BCUT2D eigenvalue weighted by molar-refractivity contribution is 6.14. The van der Waals surface area contributed by atoms with Crippen LogP contribution in [0.1, 0.15) is 11.1 Å². The Labute approximate surface area is 480 Å². The van der Waals surface area contributed by atoms with Crippen LogP contribution < -0.4 is 9.80 Å². The molecule has 11 aromatic carbocycles. The number of hydrogen-bond donors (Lipinski definition) is 0. The summed E-state index contributed by atoms with van der Waals surface area (Å²) in [6, 6.07) is 93.6. The van der Waals surface area contributed by atoms with Crippen LogP contribution in [0.25, 0.3) is 117 Å². The van der Waals surface area contributed by atoms with E-state index in [1.807, 2.05) is 133 Å². The lowest BCUT2D eigenvalue weighted by molar-refractivity contribution is 0.541. The highest BCUT2D eigenvalue weighted by Gasteiger charge is 2.56. The molecule has 16 aromatic rings. The van der Waals surface area contributed by atoms with Gasteiger partial charge in [0.25, 0.3) is 0 Å². The zero-order valence-electron chi connectivity index (χ0n) is 44.8. The van der Waals surface area contributed by atoms with Crippen molar-refractivity contribution in [2.45, 2.75) is 5.66 Å². The molecular weight excluding hydrogens is 1030 g/mol. The second-order valence-corrected chi connectivity index (χ2v) is 21.0. The van der Waals surface area contributed by atoms with Gasteiger partial charge >= 0.3 is 0 Å². The van der Waals surface area contributed by atoms with E-state index in [9.17, 15) is 0 Å². The summed E-state index contributed by atoms with van der Waals surface area (Å²) in [5, 5.41) is 6.03. The first-order chi connectivity index (χ1) is 41.7. The van der Waals surface area contributed by atoms with Gasteiger partial charge in [0.05, 0.1) is 33.5 Å². The summed E-state index contributed by atoms with van der Waals surface area (Å²) in [6.45, 7) is 0. The van der Waals surface area contributed by atoms with E-state index >= 15 is 0 Å². The number of furan rings is 2. The number of benzene rings is 11. The third kappa shape index (κ3) is 7.18. The molecular formula is C73H45N9O2. The van der Waals surface area contributed by atoms with Crippen molar-refractivity contribution in [3.8, 4) is 51.2 Å². The second-order valence-electron chi connectivity index (χ2n) is 21.0. The molecule has 0 saturated heterocycles. The summed E-state index contributed by atoms with van der Waals surface area (Å²) >= 11 is 0. The van der Waals surface area contributed by atoms with Gasteiger partial charge in [-0.15, -0.1) is 0 Å². The van der Waals surface area contributed by atoms with Crippen molar-refractivity contribution in [1.82, 2.24) is 34.5 Å². The Morgan fingerprint density at radius 2 is 0.702 bits per heavy atom. The van der Waals surface area contributed by atoms with E-state index < -0.39 is 5.66 Å². The first-order valence-electron chi connectivity index (χ1n) is 27.9. The van der Waals surface area contributed by atoms with Crippen molar-refractivity contribution < 1.29 is 8.83 Å². The SMILES string of the molecule is c1ccc(-c2nc(-c3cccc4c3oc3ccccc34)nc(N3c4cc5c6ccccc6n(-c6ccccc6)c5cc4N(c4nc(-c5ccccc5)nc(-c5cccc6c5oc5ccccc56)n4)C3(c3ccccc3)c3ccccc3)n2)cc1. The van der Waals surface area contributed by atoms with E-state index in [-0.39, 0.29) is 0 Å². The van der Waals surface area contributed by atoms with Crippen molar-refractivity contribution in [3.63, 3.8) is 0 Å². The zero-order valence-corrected chi connectivity index (χ0v) is 44.8. The zero-order chi connectivity index (χ0) is 55.3. The molecule has 84 heavy (non-hydrogen) atoms. The van der Waals surface area contributed by atoms with Crippen molar-refractivity contribution in [3.05, 3.63) is 284 Å². The number of rotatable bonds is 9. The molecule has 394 valence electrons. The van der Waals surface area contributed by atoms with Crippen LogP contribution in [0.2, 0.25) is 0 Å². The van der Waals surface area contributed by atoms with Gasteiger partial charge in [-0.25, -0.2) is 9.97 Å². The highest BCUT2D eigenvalue weighted by Crippen LogP contribution is 2.60. The fraction of sp³-hybridized carbons (Fsp3) is 0.0137. The maximum absolute atomic E-state index is 6.78. The maximum atomic E-state index is 6.78. The summed E-state index contributed by atoms with van der Waals surface area (Å²) in [4.78, 5) is 38.1. The van der Waals surface area contributed by atoms with Crippen LogP contribution in [-0.4, -0.2) is 34.5 Å². The quantitative estimate of drug-likeness (QED) is 0.138. The molecule has 6 heterocycles. The molecule has 1 aliphatic rings. The van der Waals surface area contributed by atoms with E-state index in [0.29, 0.717) is 46.4 Å². The van der Waals surface area contributed by atoms with Crippen LogP contribution in [0, 0.1) is 0 Å². The Balaban J connectivity index is 1.04. The molecule has 0 atom stereocenters. The fourth-order valence-electron chi connectivity index (χ4n) is 12.6. The number of aromatic nitrogens is 7. The van der Waals surface area contributed by atoms with Gasteiger partial charge in [0.15, 0.2) is 29.0 Å². The minimum Gasteiger partial charge on any atom is -0.455 e. The molecule has 11 nitrogen and oxygen atoms in total. The fourth-order valence-corrected chi connectivity index (χ4v) is 12.6. The van der Waals surface area contributed by atoms with Crippen molar-refractivity contribution in [1.29, 1.82) is 0 Å². The summed E-state index contributed by atoms with van der Waals surface area (Å²) in [5.74, 6) is 2.58. The lowest BCUT2D eigenvalue weighted by Gasteiger charge is -2.44. The Hall–Kier alpha value is -11.6. The number of anilines is 4. The van der Waals surface area contributed by atoms with Crippen molar-refractivity contribution in [2.24, 2.45) is 0 Å². The minimum absolute atomic E-state index is 0.370. The van der Waals surface area contributed by atoms with Gasteiger partial charge in [-0.2, -0.15) is 19.9 Å². The molecule has 17 rings (SSSR count). The summed E-state index contributed by atoms with van der Waals surface area (Å²) in [5.41, 5.74) is 11.0. The third-order valence-electron chi connectivity index (χ3n) is 16.3. The Morgan fingerprint density at radius 1 is 0.298 bits per heavy atom. The van der Waals surface area contributed by atoms with Gasteiger partial charge in [-0.3, -0.25) is 9.80 Å². The molecule has 0 N–H and O–H groups in total. The number of hydrogen-bond acceptors (Lipinski definition) is 10. The number of para-hydroxylation sites is 6. The minimum atomic E-state index is -1.40. The summed E-state index contributed by atoms with van der Waals surface area (Å²) in [7, 11) is 0. The van der Waals surface area contributed by atoms with Crippen LogP contribution in [0.5, 0.6) is 0 Å². The van der Waals surface area contributed by atoms with E-state index in [1.54, 1.807) is 0 Å². The van der Waals surface area contributed by atoms with E-state index in [4.69, 9.17) is 38.7 Å². The molecule has 0 fully saturated rings. The molecule has 0 bridgehead atoms. The van der Waals surface area contributed by atoms with Gasteiger partial charge in [0.2, 0.25) is 11.9 Å². The van der Waals surface area contributed by atoms with E-state index in [1.165, 1.54) is 0 Å². The number of nitrogens with zero attached hydrogens (tertiary/aromatic N) is 9. The maximum Gasteiger partial charge on any atom is 0.236 e. The Bertz CT molecular complexity index is 5180. The van der Waals surface area contributed by atoms with Gasteiger partial charge in [-0.1, -0.05) is 218 Å². The van der Waals surface area contributed by atoms with Crippen LogP contribution in [-0.2, 0) is 5.66 Å². The predicted octanol–water partition coefficient (Wildman–Crippen LogP) is 17.8. The predicted molar refractivity (Wildman–Crippen MR) is 335 cm³/mol. The molecule has 0 saturated carbocycles. The van der Waals surface area contributed by atoms with Crippen LogP contribution in [0.15, 0.2) is 282 Å². The summed E-state index contributed by atoms with van der Waals surface area (Å²) in [6.07, 6.45) is 0. The first-order valence-corrected chi connectivity index (χ1v) is 27.9. The number of fused-ring (bicyclic) bond motifs is 10. The van der Waals surface area contributed by atoms with Gasteiger partial charge in [0.1, 0.15) is 22.3 Å². The van der Waals surface area contributed by atoms with Crippen molar-refractivity contribution in [2.75, 3.05) is 9.80 Å². The average molecular weight is 1080 g/mol. The molecule has 1 aliphatic heterocycles. The molecule has 0 spiro atoms. The Morgan fingerprint density at radius 3 is 1.21 bits per heavy atom. The van der Waals surface area contributed by atoms with Gasteiger partial charge < -0.3 is 13.4 Å². The molecule has 0 radical (unpaired) electrons. The molecule has 0 aliphatic carbocycles. The van der Waals surface area contributed by atoms with E-state index in [2.05, 4.69) is 154 Å². The lowest BCUT2D eigenvalue weighted by Crippen LogP contribution is -2.52. The van der Waals surface area contributed by atoms with Gasteiger partial charge in [-0.05, 0) is 54.6 Å². The van der Waals surface area contributed by atoms with Crippen molar-refractivity contribution >= 4 is 89.0 Å². The largest absolute Gasteiger partial charge is 0.455 e.